The molecule has 1 heterocycles. The molecule has 0 aliphatic carbocycles. The van der Waals surface area contributed by atoms with Gasteiger partial charge in [-0.15, -0.1) is 11.3 Å². The topological polar surface area (TPSA) is 35.8 Å². The molecule has 74 valence electrons. The lowest BCUT2D eigenvalue weighted by Crippen LogP contribution is -1.99. The van der Waals surface area contributed by atoms with Crippen molar-refractivity contribution in [3.63, 3.8) is 0 Å². The fourth-order valence-corrected chi connectivity index (χ4v) is 1.97. The molecule has 0 aliphatic heterocycles. The van der Waals surface area contributed by atoms with E-state index in [1.54, 1.807) is 11.3 Å². The zero-order valence-electron chi connectivity index (χ0n) is 8.10. The fourth-order valence-electron chi connectivity index (χ4n) is 1.33. The number of nitrogens with one attached hydrogen (secondary N) is 1. The average molecular weight is 214 g/mol. The van der Waals surface area contributed by atoms with Gasteiger partial charge in [0, 0.05) is 11.4 Å². The first-order valence-electron chi connectivity index (χ1n) is 4.65. The van der Waals surface area contributed by atoms with Crippen LogP contribution in [-0.2, 0) is 6.54 Å². The van der Waals surface area contributed by atoms with E-state index in [2.05, 4.69) is 17.5 Å². The van der Waals surface area contributed by atoms with Gasteiger partial charge in [-0.2, -0.15) is 5.26 Å². The third kappa shape index (κ3) is 2.36. The summed E-state index contributed by atoms with van der Waals surface area (Å²) in [5.41, 5.74) is 1.59. The molecule has 0 amide bonds. The largest absolute Gasteiger partial charge is 0.379 e. The monoisotopic (exact) mass is 214 g/mol. The highest BCUT2D eigenvalue weighted by atomic mass is 32.1. The summed E-state index contributed by atoms with van der Waals surface area (Å²) in [6.45, 7) is 0.774. The van der Waals surface area contributed by atoms with Crippen molar-refractivity contribution in [1.82, 2.24) is 0 Å². The Morgan fingerprint density at radius 2 is 2.07 bits per heavy atom. The van der Waals surface area contributed by atoms with Crippen LogP contribution < -0.4 is 5.32 Å². The van der Waals surface area contributed by atoms with Crippen LogP contribution in [0, 0.1) is 11.3 Å². The first kappa shape index (κ1) is 9.75. The number of hydrogen-bond acceptors (Lipinski definition) is 3. The van der Waals surface area contributed by atoms with E-state index in [-0.39, 0.29) is 0 Å². The van der Waals surface area contributed by atoms with Gasteiger partial charge in [0.15, 0.2) is 0 Å². The van der Waals surface area contributed by atoms with Gasteiger partial charge in [-0.3, -0.25) is 0 Å². The van der Waals surface area contributed by atoms with E-state index in [1.165, 1.54) is 4.88 Å². The molecule has 0 saturated carbocycles. The van der Waals surface area contributed by atoms with Gasteiger partial charge in [0.1, 0.15) is 6.07 Å². The van der Waals surface area contributed by atoms with Gasteiger partial charge in [-0.05, 0) is 23.6 Å². The Bertz CT molecular complexity index is 469. The van der Waals surface area contributed by atoms with Gasteiger partial charge >= 0.3 is 0 Å². The SMILES string of the molecule is N#Cc1ccccc1NCc1cccs1. The van der Waals surface area contributed by atoms with Crippen molar-refractivity contribution in [2.24, 2.45) is 0 Å². The summed E-state index contributed by atoms with van der Waals surface area (Å²) in [5, 5.41) is 14.2. The van der Waals surface area contributed by atoms with Crippen molar-refractivity contribution in [2.75, 3.05) is 5.32 Å². The second kappa shape index (κ2) is 4.63. The summed E-state index contributed by atoms with van der Waals surface area (Å²) in [4.78, 5) is 1.27. The Morgan fingerprint density at radius 1 is 1.20 bits per heavy atom. The smallest absolute Gasteiger partial charge is 0.101 e. The molecule has 0 unspecified atom stereocenters. The zero-order chi connectivity index (χ0) is 10.5. The quantitative estimate of drug-likeness (QED) is 0.851. The van der Waals surface area contributed by atoms with E-state index in [1.807, 2.05) is 35.7 Å². The highest BCUT2D eigenvalue weighted by molar-refractivity contribution is 7.09. The van der Waals surface area contributed by atoms with Crippen molar-refractivity contribution in [3.8, 4) is 6.07 Å². The Balaban J connectivity index is 2.08. The standard InChI is InChI=1S/C12H10N2S/c13-8-10-4-1-2-6-12(10)14-9-11-5-3-7-15-11/h1-7,14H,9H2. The van der Waals surface area contributed by atoms with Crippen molar-refractivity contribution < 1.29 is 0 Å². The first-order chi connectivity index (χ1) is 7.40. The normalized spacial score (nSPS) is 9.53. The highest BCUT2D eigenvalue weighted by Crippen LogP contribution is 2.16. The van der Waals surface area contributed by atoms with Gasteiger partial charge in [-0.25, -0.2) is 0 Å². The molecule has 0 fully saturated rings. The molecule has 0 saturated heterocycles. The van der Waals surface area contributed by atoms with Crippen molar-refractivity contribution >= 4 is 17.0 Å². The number of rotatable bonds is 3. The molecule has 1 aromatic carbocycles. The summed E-state index contributed by atoms with van der Waals surface area (Å²) in [6.07, 6.45) is 0. The van der Waals surface area contributed by atoms with Crippen LogP contribution in [0.4, 0.5) is 5.69 Å². The minimum Gasteiger partial charge on any atom is -0.379 e. The van der Waals surface area contributed by atoms with Gasteiger partial charge in [0.05, 0.1) is 11.3 Å². The molecule has 0 atom stereocenters. The van der Waals surface area contributed by atoms with Crippen LogP contribution in [0.3, 0.4) is 0 Å². The fraction of sp³-hybridized carbons (Fsp3) is 0.0833. The lowest BCUT2D eigenvalue weighted by atomic mass is 10.2. The minimum absolute atomic E-state index is 0.689. The van der Waals surface area contributed by atoms with Crippen LogP contribution in [-0.4, -0.2) is 0 Å². The maximum Gasteiger partial charge on any atom is 0.101 e. The van der Waals surface area contributed by atoms with E-state index >= 15 is 0 Å². The molecule has 0 aliphatic rings. The predicted molar refractivity (Wildman–Crippen MR) is 62.8 cm³/mol. The van der Waals surface area contributed by atoms with E-state index in [4.69, 9.17) is 5.26 Å². The molecule has 1 N–H and O–H groups in total. The molecule has 0 bridgehead atoms. The predicted octanol–water partition coefficient (Wildman–Crippen LogP) is 3.23. The molecular weight excluding hydrogens is 204 g/mol. The van der Waals surface area contributed by atoms with E-state index in [0.29, 0.717) is 5.56 Å². The van der Waals surface area contributed by atoms with E-state index < -0.39 is 0 Å². The number of hydrogen-bond donors (Lipinski definition) is 1. The average Bonchev–Trinajstić information content (AvgIpc) is 2.79. The van der Waals surface area contributed by atoms with E-state index in [9.17, 15) is 0 Å². The molecule has 2 rings (SSSR count). The van der Waals surface area contributed by atoms with Crippen LogP contribution >= 0.6 is 11.3 Å². The van der Waals surface area contributed by atoms with Crippen molar-refractivity contribution in [3.05, 3.63) is 52.2 Å². The van der Waals surface area contributed by atoms with Crippen LogP contribution in [0.2, 0.25) is 0 Å². The minimum atomic E-state index is 0.689. The molecule has 0 spiro atoms. The lowest BCUT2D eigenvalue weighted by molar-refractivity contribution is 1.19. The highest BCUT2D eigenvalue weighted by Gasteiger charge is 1.99. The molecule has 2 aromatic rings. The molecule has 0 radical (unpaired) electrons. The maximum absolute atomic E-state index is 8.89. The summed E-state index contributed by atoms with van der Waals surface area (Å²) < 4.78 is 0. The number of thiophene rings is 1. The third-order valence-corrected chi connectivity index (χ3v) is 2.96. The van der Waals surface area contributed by atoms with Gasteiger partial charge in [0.25, 0.3) is 0 Å². The van der Waals surface area contributed by atoms with Gasteiger partial charge in [-0.1, -0.05) is 18.2 Å². The Hall–Kier alpha value is -1.79. The number of benzene rings is 1. The van der Waals surface area contributed by atoms with Crippen molar-refractivity contribution in [1.29, 1.82) is 5.26 Å². The summed E-state index contributed by atoms with van der Waals surface area (Å²) in [7, 11) is 0. The van der Waals surface area contributed by atoms with Crippen LogP contribution in [0.15, 0.2) is 41.8 Å². The Morgan fingerprint density at radius 3 is 2.80 bits per heavy atom. The molecular formula is C12H10N2S. The number of anilines is 1. The van der Waals surface area contributed by atoms with Crippen molar-refractivity contribution in [2.45, 2.75) is 6.54 Å². The number of nitrogens with zero attached hydrogens (tertiary/aromatic N) is 1. The van der Waals surface area contributed by atoms with Crippen LogP contribution in [0.5, 0.6) is 0 Å². The molecule has 15 heavy (non-hydrogen) atoms. The molecule has 2 nitrogen and oxygen atoms in total. The maximum atomic E-state index is 8.89. The first-order valence-corrected chi connectivity index (χ1v) is 5.53. The Labute approximate surface area is 92.8 Å². The van der Waals surface area contributed by atoms with E-state index in [0.717, 1.165) is 12.2 Å². The zero-order valence-corrected chi connectivity index (χ0v) is 8.92. The molecule has 3 heteroatoms. The second-order valence-electron chi connectivity index (χ2n) is 3.09. The molecule has 1 aromatic heterocycles. The van der Waals surface area contributed by atoms with Crippen LogP contribution in [0.25, 0.3) is 0 Å². The van der Waals surface area contributed by atoms with Gasteiger partial charge < -0.3 is 5.32 Å². The summed E-state index contributed by atoms with van der Waals surface area (Å²) >= 11 is 1.71. The summed E-state index contributed by atoms with van der Waals surface area (Å²) in [5.74, 6) is 0. The second-order valence-corrected chi connectivity index (χ2v) is 4.12. The van der Waals surface area contributed by atoms with Gasteiger partial charge in [0.2, 0.25) is 0 Å². The summed E-state index contributed by atoms with van der Waals surface area (Å²) in [6, 6.07) is 13.8. The Kier molecular flexibility index (Phi) is 3.01. The number of nitriles is 1. The third-order valence-electron chi connectivity index (χ3n) is 2.08. The van der Waals surface area contributed by atoms with Crippen LogP contribution in [0.1, 0.15) is 10.4 Å². The number of para-hydroxylation sites is 1. The lowest BCUT2D eigenvalue weighted by Gasteiger charge is -2.05.